The average Bonchev–Trinajstić information content (AvgIpc) is 2.65. The molecule has 0 aliphatic rings. The van der Waals surface area contributed by atoms with Crippen molar-refractivity contribution in [3.8, 4) is 16.9 Å². The largest absolute Gasteiger partial charge is 0.493 e. The van der Waals surface area contributed by atoms with Gasteiger partial charge in [-0.3, -0.25) is 14.4 Å². The number of rotatable bonds is 9. The number of primary amides is 1. The van der Waals surface area contributed by atoms with E-state index in [1.54, 1.807) is 24.3 Å². The highest BCUT2D eigenvalue weighted by molar-refractivity contribution is 5.97. The van der Waals surface area contributed by atoms with E-state index in [1.807, 2.05) is 31.2 Å². The van der Waals surface area contributed by atoms with Crippen LogP contribution in [0.15, 0.2) is 48.5 Å². The van der Waals surface area contributed by atoms with Gasteiger partial charge in [-0.05, 0) is 37.1 Å². The molecule has 2 amide bonds. The zero-order valence-corrected chi connectivity index (χ0v) is 15.0. The van der Waals surface area contributed by atoms with Crippen molar-refractivity contribution in [1.29, 1.82) is 0 Å². The maximum absolute atomic E-state index is 12.3. The first-order valence-corrected chi connectivity index (χ1v) is 8.56. The summed E-state index contributed by atoms with van der Waals surface area (Å²) in [5.74, 6) is -1.58. The molecule has 0 bridgehead atoms. The number of nitrogens with two attached hydrogens (primary N) is 1. The Morgan fingerprint density at radius 2 is 1.78 bits per heavy atom. The summed E-state index contributed by atoms with van der Waals surface area (Å²) in [6.45, 7) is 2.45. The summed E-state index contributed by atoms with van der Waals surface area (Å²) in [5.41, 5.74) is 7.36. The highest BCUT2D eigenvalue weighted by Crippen LogP contribution is 2.29. The lowest BCUT2D eigenvalue weighted by molar-refractivity contribution is -0.137. The lowest BCUT2D eigenvalue weighted by atomic mass is 10.0. The Labute approximate surface area is 157 Å². The van der Waals surface area contributed by atoms with Crippen molar-refractivity contribution in [3.05, 3.63) is 54.1 Å². The first-order chi connectivity index (χ1) is 12.9. The van der Waals surface area contributed by atoms with Gasteiger partial charge in [0.05, 0.1) is 6.61 Å². The van der Waals surface area contributed by atoms with Crippen LogP contribution in [0.3, 0.4) is 0 Å². The second-order valence-corrected chi connectivity index (χ2v) is 5.87. The normalized spacial score (nSPS) is 11.4. The number of amides is 2. The number of carboxylic acids is 1. The third kappa shape index (κ3) is 5.57. The van der Waals surface area contributed by atoms with Crippen molar-refractivity contribution in [2.24, 2.45) is 5.73 Å². The predicted molar refractivity (Wildman–Crippen MR) is 100 cm³/mol. The molecule has 0 saturated carbocycles. The summed E-state index contributed by atoms with van der Waals surface area (Å²) in [6.07, 6.45) is -0.322. The fourth-order valence-electron chi connectivity index (χ4n) is 2.58. The van der Waals surface area contributed by atoms with Gasteiger partial charge in [0.15, 0.2) is 0 Å². The molecule has 4 N–H and O–H groups in total. The SMILES string of the molecule is CCOc1ccccc1-c1ccc(C(=O)N[C@@H](CCC(=O)O)C(N)=O)cc1. The van der Waals surface area contributed by atoms with Crippen molar-refractivity contribution < 1.29 is 24.2 Å². The number of aliphatic carboxylic acids is 1. The van der Waals surface area contributed by atoms with Crippen molar-refractivity contribution in [2.75, 3.05) is 6.61 Å². The molecule has 0 radical (unpaired) electrons. The molecule has 2 aromatic rings. The average molecular weight is 370 g/mol. The maximum Gasteiger partial charge on any atom is 0.303 e. The molecular formula is C20H22N2O5. The topological polar surface area (TPSA) is 119 Å². The summed E-state index contributed by atoms with van der Waals surface area (Å²) < 4.78 is 5.62. The molecule has 0 spiro atoms. The van der Waals surface area contributed by atoms with Gasteiger partial charge in [-0.15, -0.1) is 0 Å². The van der Waals surface area contributed by atoms with Crippen LogP contribution in [0.1, 0.15) is 30.1 Å². The highest BCUT2D eigenvalue weighted by atomic mass is 16.5. The smallest absolute Gasteiger partial charge is 0.303 e. The number of ether oxygens (including phenoxy) is 1. The molecule has 0 aromatic heterocycles. The number of nitrogens with one attached hydrogen (secondary N) is 1. The quantitative estimate of drug-likeness (QED) is 0.625. The van der Waals surface area contributed by atoms with Crippen molar-refractivity contribution in [1.82, 2.24) is 5.32 Å². The molecule has 27 heavy (non-hydrogen) atoms. The summed E-state index contributed by atoms with van der Waals surface area (Å²) in [6, 6.07) is 13.4. The molecule has 0 saturated heterocycles. The number of hydrogen-bond acceptors (Lipinski definition) is 4. The number of carboxylic acid groups (broad SMARTS) is 1. The third-order valence-corrected chi connectivity index (χ3v) is 3.94. The van der Waals surface area contributed by atoms with Crippen LogP contribution in [0.5, 0.6) is 5.75 Å². The Kier molecular flexibility index (Phi) is 6.93. The fraction of sp³-hybridized carbons (Fsp3) is 0.250. The summed E-state index contributed by atoms with van der Waals surface area (Å²) in [4.78, 5) is 34.4. The van der Waals surface area contributed by atoms with E-state index < -0.39 is 23.8 Å². The van der Waals surface area contributed by atoms with E-state index in [0.717, 1.165) is 16.9 Å². The molecule has 0 fully saturated rings. The van der Waals surface area contributed by atoms with Crippen molar-refractivity contribution in [3.63, 3.8) is 0 Å². The van der Waals surface area contributed by atoms with Crippen molar-refractivity contribution >= 4 is 17.8 Å². The van der Waals surface area contributed by atoms with Gasteiger partial charge in [-0.25, -0.2) is 0 Å². The van der Waals surface area contributed by atoms with E-state index in [9.17, 15) is 14.4 Å². The minimum Gasteiger partial charge on any atom is -0.493 e. The number of carbonyl (C=O) groups is 3. The van der Waals surface area contributed by atoms with Gasteiger partial charge in [0, 0.05) is 17.5 Å². The Morgan fingerprint density at radius 1 is 1.11 bits per heavy atom. The van der Waals surface area contributed by atoms with Crippen LogP contribution in [-0.4, -0.2) is 35.5 Å². The number of carbonyl (C=O) groups excluding carboxylic acids is 2. The molecule has 0 aliphatic carbocycles. The molecule has 0 aliphatic heterocycles. The first-order valence-electron chi connectivity index (χ1n) is 8.56. The fourth-order valence-corrected chi connectivity index (χ4v) is 2.58. The van der Waals surface area contributed by atoms with Crippen LogP contribution in [-0.2, 0) is 9.59 Å². The zero-order chi connectivity index (χ0) is 19.8. The molecule has 7 nitrogen and oxygen atoms in total. The summed E-state index contributed by atoms with van der Waals surface area (Å²) in [5, 5.41) is 11.2. The van der Waals surface area contributed by atoms with Crippen LogP contribution in [0.2, 0.25) is 0 Å². The predicted octanol–water partition coefficient (Wildman–Crippen LogP) is 2.20. The molecular weight excluding hydrogens is 348 g/mol. The zero-order valence-electron chi connectivity index (χ0n) is 15.0. The molecule has 0 heterocycles. The van der Waals surface area contributed by atoms with E-state index in [1.165, 1.54) is 0 Å². The second kappa shape index (κ2) is 9.38. The van der Waals surface area contributed by atoms with Crippen LogP contribution in [0.4, 0.5) is 0 Å². The van der Waals surface area contributed by atoms with Crippen LogP contribution >= 0.6 is 0 Å². The van der Waals surface area contributed by atoms with Crippen LogP contribution in [0, 0.1) is 0 Å². The van der Waals surface area contributed by atoms with E-state index >= 15 is 0 Å². The Morgan fingerprint density at radius 3 is 2.37 bits per heavy atom. The van der Waals surface area contributed by atoms with E-state index in [4.69, 9.17) is 15.6 Å². The number of para-hydroxylation sites is 1. The van der Waals surface area contributed by atoms with Crippen molar-refractivity contribution in [2.45, 2.75) is 25.8 Å². The van der Waals surface area contributed by atoms with E-state index in [2.05, 4.69) is 5.32 Å². The Bertz CT molecular complexity index is 817. The van der Waals surface area contributed by atoms with Crippen LogP contribution < -0.4 is 15.8 Å². The van der Waals surface area contributed by atoms with Gasteiger partial charge >= 0.3 is 5.97 Å². The van der Waals surface area contributed by atoms with Crippen LogP contribution in [0.25, 0.3) is 11.1 Å². The lowest BCUT2D eigenvalue weighted by Gasteiger charge is -2.15. The molecule has 2 aromatic carbocycles. The summed E-state index contributed by atoms with van der Waals surface area (Å²) in [7, 11) is 0. The number of benzene rings is 2. The van der Waals surface area contributed by atoms with Gasteiger partial charge in [0.1, 0.15) is 11.8 Å². The Balaban J connectivity index is 2.13. The monoisotopic (exact) mass is 370 g/mol. The van der Waals surface area contributed by atoms with E-state index in [-0.39, 0.29) is 12.8 Å². The minimum absolute atomic E-state index is 0.0593. The third-order valence-electron chi connectivity index (χ3n) is 3.94. The molecule has 7 heteroatoms. The lowest BCUT2D eigenvalue weighted by Crippen LogP contribution is -2.44. The number of hydrogen-bond donors (Lipinski definition) is 3. The highest BCUT2D eigenvalue weighted by Gasteiger charge is 2.20. The van der Waals surface area contributed by atoms with Gasteiger partial charge in [0.25, 0.3) is 5.91 Å². The van der Waals surface area contributed by atoms with Gasteiger partial charge in [-0.2, -0.15) is 0 Å². The molecule has 1 atom stereocenters. The van der Waals surface area contributed by atoms with Gasteiger partial charge < -0.3 is 20.9 Å². The standard InChI is InChI=1S/C20H22N2O5/c1-2-27-17-6-4-3-5-15(17)13-7-9-14(10-8-13)20(26)22-16(19(21)25)11-12-18(23)24/h3-10,16H,2,11-12H2,1H3,(H2,21,25)(H,22,26)(H,23,24)/t16-/m0/s1. The van der Waals surface area contributed by atoms with E-state index in [0.29, 0.717) is 12.2 Å². The molecule has 2 rings (SSSR count). The Hall–Kier alpha value is -3.35. The summed E-state index contributed by atoms with van der Waals surface area (Å²) >= 11 is 0. The first kappa shape index (κ1) is 20.0. The van der Waals surface area contributed by atoms with Gasteiger partial charge in [0.2, 0.25) is 5.91 Å². The maximum atomic E-state index is 12.3. The molecule has 0 unspecified atom stereocenters. The second-order valence-electron chi connectivity index (χ2n) is 5.87. The van der Waals surface area contributed by atoms with Gasteiger partial charge in [-0.1, -0.05) is 30.3 Å². The minimum atomic E-state index is -1.06. The molecule has 142 valence electrons.